The fraction of sp³-hybridized carbons (Fsp3) is 0.529. The molecule has 2 amide bonds. The first-order valence-corrected chi connectivity index (χ1v) is 10.2. The van der Waals surface area contributed by atoms with Gasteiger partial charge in [0.05, 0.1) is 18.0 Å². The molecule has 1 atom stereocenters. The summed E-state index contributed by atoms with van der Waals surface area (Å²) in [5.41, 5.74) is 0. The predicted molar refractivity (Wildman–Crippen MR) is 95.6 cm³/mol. The zero-order valence-electron chi connectivity index (χ0n) is 14.8. The minimum Gasteiger partial charge on any atom is -0.360 e. The number of nitrogens with zero attached hydrogens (tertiary/aromatic N) is 1. The van der Waals surface area contributed by atoms with Crippen molar-refractivity contribution in [2.24, 2.45) is 0 Å². The van der Waals surface area contributed by atoms with Crippen molar-refractivity contribution in [3.05, 3.63) is 30.3 Å². The molecule has 0 radical (unpaired) electrons. The van der Waals surface area contributed by atoms with E-state index in [9.17, 15) is 18.0 Å². The lowest BCUT2D eigenvalue weighted by molar-refractivity contribution is -0.140. The van der Waals surface area contributed by atoms with Gasteiger partial charge in [0, 0.05) is 13.1 Å². The number of carbonyl (C=O) groups is 2. The quantitative estimate of drug-likeness (QED) is 0.526. The fourth-order valence-electron chi connectivity index (χ4n) is 2.55. The standard InChI is InChI=1S/C17H25N3O5S/c1-2-3-10-18-16(21)17(22)19-13-15-20(11-7-12-25-15)26(23,24)14-8-5-4-6-9-14/h4-6,8-9,15H,2-3,7,10-13H2,1H3,(H,18,21)(H,19,22). The van der Waals surface area contributed by atoms with E-state index in [4.69, 9.17) is 4.74 Å². The van der Waals surface area contributed by atoms with Gasteiger partial charge in [-0.15, -0.1) is 0 Å². The van der Waals surface area contributed by atoms with Crippen LogP contribution < -0.4 is 10.6 Å². The normalized spacial score (nSPS) is 18.3. The Morgan fingerprint density at radius 2 is 1.88 bits per heavy atom. The zero-order valence-corrected chi connectivity index (χ0v) is 15.6. The molecule has 1 heterocycles. The van der Waals surface area contributed by atoms with Crippen LogP contribution in [0.3, 0.4) is 0 Å². The van der Waals surface area contributed by atoms with Crippen LogP contribution in [0.2, 0.25) is 0 Å². The molecular formula is C17H25N3O5S. The second-order valence-corrected chi connectivity index (χ2v) is 7.82. The van der Waals surface area contributed by atoms with Crippen LogP contribution in [0.5, 0.6) is 0 Å². The molecule has 9 heteroatoms. The lowest BCUT2D eigenvalue weighted by Crippen LogP contribution is -2.53. The van der Waals surface area contributed by atoms with Gasteiger partial charge in [-0.3, -0.25) is 9.59 Å². The van der Waals surface area contributed by atoms with Gasteiger partial charge in [-0.25, -0.2) is 8.42 Å². The first-order chi connectivity index (χ1) is 12.5. The van der Waals surface area contributed by atoms with Crippen molar-refractivity contribution in [1.82, 2.24) is 14.9 Å². The molecule has 0 aliphatic carbocycles. The second-order valence-electron chi connectivity index (χ2n) is 5.93. The predicted octanol–water partition coefficient (Wildman–Crippen LogP) is 0.456. The number of hydrogen-bond donors (Lipinski definition) is 2. The SMILES string of the molecule is CCCCNC(=O)C(=O)NCC1OCCCN1S(=O)(=O)c1ccccc1. The van der Waals surface area contributed by atoms with Crippen molar-refractivity contribution in [2.75, 3.05) is 26.2 Å². The smallest absolute Gasteiger partial charge is 0.309 e. The fourth-order valence-corrected chi connectivity index (χ4v) is 4.14. The highest BCUT2D eigenvalue weighted by Crippen LogP contribution is 2.21. The van der Waals surface area contributed by atoms with E-state index >= 15 is 0 Å². The first kappa shape index (κ1) is 20.3. The summed E-state index contributed by atoms with van der Waals surface area (Å²) in [6, 6.07) is 8.06. The third-order valence-electron chi connectivity index (χ3n) is 3.96. The maximum atomic E-state index is 12.8. The minimum absolute atomic E-state index is 0.0912. The molecule has 2 N–H and O–H groups in total. The monoisotopic (exact) mass is 383 g/mol. The highest BCUT2D eigenvalue weighted by Gasteiger charge is 2.34. The van der Waals surface area contributed by atoms with Crippen molar-refractivity contribution in [3.8, 4) is 0 Å². The van der Waals surface area contributed by atoms with Crippen LogP contribution in [-0.2, 0) is 24.3 Å². The summed E-state index contributed by atoms with van der Waals surface area (Å²) >= 11 is 0. The summed E-state index contributed by atoms with van der Waals surface area (Å²) in [5.74, 6) is -1.53. The van der Waals surface area contributed by atoms with E-state index in [1.165, 1.54) is 16.4 Å². The van der Waals surface area contributed by atoms with Crippen LogP contribution in [0, 0.1) is 0 Å². The average Bonchev–Trinajstić information content (AvgIpc) is 2.67. The average molecular weight is 383 g/mol. The highest BCUT2D eigenvalue weighted by molar-refractivity contribution is 7.89. The van der Waals surface area contributed by atoms with E-state index in [0.717, 1.165) is 12.8 Å². The largest absolute Gasteiger partial charge is 0.360 e. The third kappa shape index (κ3) is 5.26. The molecule has 1 aromatic rings. The van der Waals surface area contributed by atoms with Crippen LogP contribution >= 0.6 is 0 Å². The third-order valence-corrected chi connectivity index (χ3v) is 5.87. The number of amides is 2. The van der Waals surface area contributed by atoms with E-state index in [0.29, 0.717) is 26.1 Å². The molecule has 1 aliphatic rings. The molecular weight excluding hydrogens is 358 g/mol. The number of nitrogens with one attached hydrogen (secondary N) is 2. The molecule has 8 nitrogen and oxygen atoms in total. The molecule has 1 fully saturated rings. The minimum atomic E-state index is -3.74. The maximum Gasteiger partial charge on any atom is 0.309 e. The Hall–Kier alpha value is -1.97. The van der Waals surface area contributed by atoms with E-state index in [2.05, 4.69) is 10.6 Å². The van der Waals surface area contributed by atoms with Crippen LogP contribution in [0.4, 0.5) is 0 Å². The van der Waals surface area contributed by atoms with Crippen LogP contribution in [0.25, 0.3) is 0 Å². The van der Waals surface area contributed by atoms with Crippen molar-refractivity contribution in [1.29, 1.82) is 0 Å². The van der Waals surface area contributed by atoms with Gasteiger partial charge in [0.25, 0.3) is 0 Å². The molecule has 1 aliphatic heterocycles. The van der Waals surface area contributed by atoms with Gasteiger partial charge in [0.1, 0.15) is 6.23 Å². The summed E-state index contributed by atoms with van der Waals surface area (Å²) in [4.78, 5) is 23.7. The molecule has 0 bridgehead atoms. The Balaban J connectivity index is 1.99. The van der Waals surface area contributed by atoms with Crippen molar-refractivity contribution >= 4 is 21.8 Å². The zero-order chi connectivity index (χ0) is 19.0. The number of sulfonamides is 1. The highest BCUT2D eigenvalue weighted by atomic mass is 32.2. The summed E-state index contributed by atoms with van der Waals surface area (Å²) in [5, 5.41) is 4.97. The van der Waals surface area contributed by atoms with Crippen molar-refractivity contribution in [3.63, 3.8) is 0 Å². The summed E-state index contributed by atoms with van der Waals surface area (Å²) in [6.07, 6.45) is 1.41. The van der Waals surface area contributed by atoms with Gasteiger partial charge in [-0.05, 0) is 25.0 Å². The topological polar surface area (TPSA) is 105 Å². The van der Waals surface area contributed by atoms with Crippen LogP contribution in [-0.4, -0.2) is 57.0 Å². The van der Waals surface area contributed by atoms with Gasteiger partial charge in [0.2, 0.25) is 10.0 Å². The van der Waals surface area contributed by atoms with E-state index in [1.54, 1.807) is 18.2 Å². The molecule has 2 rings (SSSR count). The van der Waals surface area contributed by atoms with E-state index < -0.39 is 28.1 Å². The summed E-state index contributed by atoms with van der Waals surface area (Å²) < 4.78 is 32.4. The van der Waals surface area contributed by atoms with E-state index in [1.807, 2.05) is 6.92 Å². The molecule has 0 saturated carbocycles. The van der Waals surface area contributed by atoms with Crippen LogP contribution in [0.1, 0.15) is 26.2 Å². The number of hydrogen-bond acceptors (Lipinski definition) is 5. The summed E-state index contributed by atoms with van der Waals surface area (Å²) in [6.45, 7) is 3.00. The maximum absolute atomic E-state index is 12.8. The Morgan fingerprint density at radius 1 is 1.19 bits per heavy atom. The Labute approximate surface area is 153 Å². The van der Waals surface area contributed by atoms with Gasteiger partial charge in [-0.2, -0.15) is 4.31 Å². The first-order valence-electron chi connectivity index (χ1n) is 8.71. The Bertz CT molecular complexity index is 708. The molecule has 26 heavy (non-hydrogen) atoms. The number of ether oxygens (including phenoxy) is 1. The van der Waals surface area contributed by atoms with Gasteiger partial charge in [0.15, 0.2) is 0 Å². The number of benzene rings is 1. The molecule has 144 valence electrons. The van der Waals surface area contributed by atoms with E-state index in [-0.39, 0.29) is 11.4 Å². The molecule has 0 spiro atoms. The lowest BCUT2D eigenvalue weighted by atomic mass is 10.3. The van der Waals surface area contributed by atoms with Crippen molar-refractivity contribution in [2.45, 2.75) is 37.3 Å². The molecule has 1 aromatic carbocycles. The Morgan fingerprint density at radius 3 is 2.58 bits per heavy atom. The van der Waals surface area contributed by atoms with Crippen LogP contribution in [0.15, 0.2) is 35.2 Å². The molecule has 1 saturated heterocycles. The number of unbranched alkanes of at least 4 members (excludes halogenated alkanes) is 1. The summed E-state index contributed by atoms with van der Waals surface area (Å²) in [7, 11) is -3.74. The Kier molecular flexibility index (Phi) is 7.55. The van der Waals surface area contributed by atoms with Gasteiger partial charge < -0.3 is 15.4 Å². The number of carbonyl (C=O) groups excluding carboxylic acids is 2. The molecule has 1 unspecified atom stereocenters. The van der Waals surface area contributed by atoms with Gasteiger partial charge in [-0.1, -0.05) is 31.5 Å². The van der Waals surface area contributed by atoms with Crippen molar-refractivity contribution < 1.29 is 22.7 Å². The number of rotatable bonds is 7. The lowest BCUT2D eigenvalue weighted by Gasteiger charge is -2.34. The van der Waals surface area contributed by atoms with Gasteiger partial charge >= 0.3 is 11.8 Å². The molecule has 0 aromatic heterocycles. The second kappa shape index (κ2) is 9.65.